The minimum Gasteiger partial charge on any atom is -0.337 e. The fourth-order valence-electron chi connectivity index (χ4n) is 2.50. The molecule has 3 unspecified atom stereocenters. The topological polar surface area (TPSA) is 29.9 Å². The number of imidazole rings is 1. The van der Waals surface area contributed by atoms with Crippen molar-refractivity contribution in [1.82, 2.24) is 14.9 Å². The van der Waals surface area contributed by atoms with Gasteiger partial charge < -0.3 is 9.88 Å². The van der Waals surface area contributed by atoms with Crippen LogP contribution in [0.4, 0.5) is 0 Å². The van der Waals surface area contributed by atoms with Crippen molar-refractivity contribution in [3.05, 3.63) is 18.2 Å². The molecule has 102 valence electrons. The highest BCUT2D eigenvalue weighted by molar-refractivity contribution is 8.07. The van der Waals surface area contributed by atoms with Gasteiger partial charge in [0.15, 0.2) is 0 Å². The summed E-state index contributed by atoms with van der Waals surface area (Å²) in [6.07, 6.45) is 5.19. The molecule has 0 aromatic carbocycles. The molecule has 3 atom stereocenters. The van der Waals surface area contributed by atoms with Crippen LogP contribution in [0.2, 0.25) is 0 Å². The van der Waals surface area contributed by atoms with Gasteiger partial charge in [0.2, 0.25) is 0 Å². The average Bonchev–Trinajstić information content (AvgIpc) is 2.82. The van der Waals surface area contributed by atoms with Gasteiger partial charge in [0, 0.05) is 41.4 Å². The summed E-state index contributed by atoms with van der Waals surface area (Å²) in [6.45, 7) is 5.48. The summed E-state index contributed by atoms with van der Waals surface area (Å²) < 4.78 is 2.15. The molecule has 5 heteroatoms. The van der Waals surface area contributed by atoms with Gasteiger partial charge >= 0.3 is 0 Å². The molecule has 3 nitrogen and oxygen atoms in total. The van der Waals surface area contributed by atoms with Crippen LogP contribution in [0.15, 0.2) is 12.4 Å². The summed E-state index contributed by atoms with van der Waals surface area (Å²) in [7, 11) is 2.09. The van der Waals surface area contributed by atoms with Gasteiger partial charge in [-0.15, -0.1) is 0 Å². The molecule has 0 spiro atoms. The van der Waals surface area contributed by atoms with E-state index in [0.717, 1.165) is 11.8 Å². The molecule has 0 amide bonds. The van der Waals surface area contributed by atoms with Crippen LogP contribution in [-0.4, -0.2) is 38.1 Å². The second kappa shape index (κ2) is 6.87. The molecule has 1 aromatic rings. The zero-order valence-corrected chi connectivity index (χ0v) is 13.1. The van der Waals surface area contributed by atoms with Gasteiger partial charge in [-0.1, -0.05) is 13.8 Å². The lowest BCUT2D eigenvalue weighted by Gasteiger charge is -2.35. The molecule has 2 heterocycles. The van der Waals surface area contributed by atoms with Crippen LogP contribution in [0.1, 0.15) is 32.1 Å². The van der Waals surface area contributed by atoms with Crippen molar-refractivity contribution in [2.75, 3.05) is 18.1 Å². The quantitative estimate of drug-likeness (QED) is 0.901. The van der Waals surface area contributed by atoms with E-state index in [0.29, 0.717) is 11.3 Å². The summed E-state index contributed by atoms with van der Waals surface area (Å²) in [5.41, 5.74) is 0. The molecule has 0 saturated carbocycles. The SMILES string of the molecule is CCNC(c1nccn1C)C1SCCSC1CC. The van der Waals surface area contributed by atoms with Crippen molar-refractivity contribution in [3.63, 3.8) is 0 Å². The van der Waals surface area contributed by atoms with Crippen molar-refractivity contribution in [3.8, 4) is 0 Å². The van der Waals surface area contributed by atoms with E-state index in [1.807, 2.05) is 12.4 Å². The van der Waals surface area contributed by atoms with Gasteiger partial charge in [0.1, 0.15) is 5.82 Å². The molecule has 1 saturated heterocycles. The Hall–Kier alpha value is -0.130. The van der Waals surface area contributed by atoms with Gasteiger partial charge in [0.05, 0.1) is 6.04 Å². The first-order chi connectivity index (χ1) is 8.77. The highest BCUT2D eigenvalue weighted by Gasteiger charge is 2.34. The maximum Gasteiger partial charge on any atom is 0.126 e. The molecule has 0 aliphatic carbocycles. The first kappa shape index (κ1) is 14.3. The molecule has 0 radical (unpaired) electrons. The predicted molar refractivity (Wildman–Crippen MR) is 82.4 cm³/mol. The third-order valence-electron chi connectivity index (χ3n) is 3.38. The lowest BCUT2D eigenvalue weighted by atomic mass is 10.1. The first-order valence-electron chi connectivity index (χ1n) is 6.71. The number of nitrogens with zero attached hydrogens (tertiary/aromatic N) is 2. The lowest BCUT2D eigenvalue weighted by molar-refractivity contribution is 0.478. The van der Waals surface area contributed by atoms with Gasteiger partial charge in [-0.25, -0.2) is 4.98 Å². The Morgan fingerprint density at radius 2 is 2.22 bits per heavy atom. The second-order valence-electron chi connectivity index (χ2n) is 4.58. The van der Waals surface area contributed by atoms with E-state index in [9.17, 15) is 0 Å². The van der Waals surface area contributed by atoms with Crippen LogP contribution < -0.4 is 5.32 Å². The third-order valence-corrected chi connectivity index (χ3v) is 6.73. The summed E-state index contributed by atoms with van der Waals surface area (Å²) in [4.78, 5) is 4.56. The van der Waals surface area contributed by atoms with Crippen molar-refractivity contribution < 1.29 is 0 Å². The standard InChI is InChI=1S/C13H23N3S2/c1-4-10-12(18-9-8-17-10)11(14-5-2)13-15-6-7-16(13)3/h6-7,10-12,14H,4-5,8-9H2,1-3H3. The van der Waals surface area contributed by atoms with E-state index >= 15 is 0 Å². The van der Waals surface area contributed by atoms with E-state index in [1.165, 1.54) is 23.8 Å². The number of thioether (sulfide) groups is 2. The summed E-state index contributed by atoms with van der Waals surface area (Å²) >= 11 is 4.24. The lowest BCUT2D eigenvalue weighted by Crippen LogP contribution is -2.40. The smallest absolute Gasteiger partial charge is 0.126 e. The Kier molecular flexibility index (Phi) is 5.45. The number of aryl methyl sites for hydroxylation is 1. The molecule has 1 fully saturated rings. The normalized spacial score (nSPS) is 26.2. The molecule has 1 aliphatic heterocycles. The molecule has 1 N–H and O–H groups in total. The Labute approximate surface area is 119 Å². The Morgan fingerprint density at radius 1 is 1.44 bits per heavy atom. The van der Waals surface area contributed by atoms with Crippen molar-refractivity contribution in [2.24, 2.45) is 7.05 Å². The summed E-state index contributed by atoms with van der Waals surface area (Å²) in [5, 5.41) is 5.02. The fourth-order valence-corrected chi connectivity index (χ4v) is 5.71. The third kappa shape index (κ3) is 3.06. The predicted octanol–water partition coefficient (Wildman–Crippen LogP) is 2.70. The number of aromatic nitrogens is 2. The summed E-state index contributed by atoms with van der Waals surface area (Å²) in [6, 6.07) is 0.373. The molecule has 2 rings (SSSR count). The maximum atomic E-state index is 4.56. The van der Waals surface area contributed by atoms with Crippen LogP contribution in [0.3, 0.4) is 0 Å². The minimum atomic E-state index is 0.373. The number of rotatable bonds is 5. The monoisotopic (exact) mass is 285 g/mol. The second-order valence-corrected chi connectivity index (χ2v) is 7.22. The van der Waals surface area contributed by atoms with Crippen LogP contribution in [0, 0.1) is 0 Å². The maximum absolute atomic E-state index is 4.56. The molecule has 18 heavy (non-hydrogen) atoms. The number of hydrogen-bond acceptors (Lipinski definition) is 4. The minimum absolute atomic E-state index is 0.373. The first-order valence-corrected chi connectivity index (χ1v) is 8.81. The Bertz CT molecular complexity index is 367. The van der Waals surface area contributed by atoms with E-state index in [-0.39, 0.29) is 0 Å². The Balaban J connectivity index is 2.20. The molecule has 0 bridgehead atoms. The summed E-state index contributed by atoms with van der Waals surface area (Å²) in [5.74, 6) is 3.73. The molecule has 1 aromatic heterocycles. The molecular formula is C13H23N3S2. The van der Waals surface area contributed by atoms with Crippen molar-refractivity contribution >= 4 is 23.5 Å². The van der Waals surface area contributed by atoms with Crippen LogP contribution in [0.25, 0.3) is 0 Å². The Morgan fingerprint density at radius 3 is 2.83 bits per heavy atom. The largest absolute Gasteiger partial charge is 0.337 e. The highest BCUT2D eigenvalue weighted by atomic mass is 32.2. The van der Waals surface area contributed by atoms with Crippen LogP contribution in [-0.2, 0) is 7.05 Å². The molecular weight excluding hydrogens is 262 g/mol. The van der Waals surface area contributed by atoms with Gasteiger partial charge in [0.25, 0.3) is 0 Å². The van der Waals surface area contributed by atoms with Gasteiger partial charge in [-0.3, -0.25) is 0 Å². The zero-order valence-electron chi connectivity index (χ0n) is 11.4. The fraction of sp³-hybridized carbons (Fsp3) is 0.769. The van der Waals surface area contributed by atoms with E-state index in [2.05, 4.69) is 59.3 Å². The van der Waals surface area contributed by atoms with E-state index in [1.54, 1.807) is 0 Å². The van der Waals surface area contributed by atoms with Crippen molar-refractivity contribution in [2.45, 2.75) is 36.8 Å². The zero-order chi connectivity index (χ0) is 13.0. The number of nitrogens with one attached hydrogen (secondary N) is 1. The van der Waals surface area contributed by atoms with Crippen LogP contribution in [0.5, 0.6) is 0 Å². The molecule has 1 aliphatic rings. The van der Waals surface area contributed by atoms with E-state index in [4.69, 9.17) is 0 Å². The highest BCUT2D eigenvalue weighted by Crippen LogP contribution is 2.39. The van der Waals surface area contributed by atoms with Gasteiger partial charge in [-0.05, 0) is 13.0 Å². The average molecular weight is 285 g/mol. The van der Waals surface area contributed by atoms with Crippen LogP contribution >= 0.6 is 23.5 Å². The van der Waals surface area contributed by atoms with Crippen molar-refractivity contribution in [1.29, 1.82) is 0 Å². The number of hydrogen-bond donors (Lipinski definition) is 1. The van der Waals surface area contributed by atoms with Gasteiger partial charge in [-0.2, -0.15) is 23.5 Å². The van der Waals surface area contributed by atoms with E-state index < -0.39 is 0 Å².